The fraction of sp³-hybridized carbons (Fsp3) is 0. The molecule has 9 heteroatoms. The van der Waals surface area contributed by atoms with Crippen LogP contribution in [0.1, 0.15) is 0 Å². The minimum atomic E-state index is -3.23. The van der Waals surface area contributed by atoms with E-state index in [1.165, 1.54) is 0 Å². The zero-order chi connectivity index (χ0) is 45.0. The molecule has 10 aromatic rings. The molecule has 0 radical (unpaired) electrons. The van der Waals surface area contributed by atoms with E-state index < -0.39 is 21.4 Å². The summed E-state index contributed by atoms with van der Waals surface area (Å²) in [7, 11) is -9.68. The van der Waals surface area contributed by atoms with E-state index in [-0.39, 0.29) is 0 Å². The van der Waals surface area contributed by atoms with Crippen LogP contribution in [0.4, 0.5) is 0 Å². The molecule has 0 spiro atoms. The first-order valence-corrected chi connectivity index (χ1v) is 26.7. The second-order valence-electron chi connectivity index (χ2n) is 15.8. The molecule has 318 valence electrons. The Balaban J connectivity index is 1.09. The summed E-state index contributed by atoms with van der Waals surface area (Å²) in [4.78, 5) is 15.1. The molecule has 0 fully saturated rings. The van der Waals surface area contributed by atoms with Gasteiger partial charge in [0.05, 0.1) is 0 Å². The van der Waals surface area contributed by atoms with Crippen LogP contribution in [0.15, 0.2) is 255 Å². The van der Waals surface area contributed by atoms with Crippen LogP contribution >= 0.6 is 21.4 Å². The van der Waals surface area contributed by atoms with Gasteiger partial charge in [0.25, 0.3) is 0 Å². The summed E-state index contributed by atoms with van der Waals surface area (Å²) in [6.07, 6.45) is 0. The lowest BCUT2D eigenvalue weighted by atomic mass is 10.1. The summed E-state index contributed by atoms with van der Waals surface area (Å²) in [5.41, 5.74) is 2.12. The highest BCUT2D eigenvalue weighted by molar-refractivity contribution is 7.86. The number of nitrogens with zero attached hydrogens (tertiary/aromatic N) is 3. The standard InChI is InChI=1S/C57H42N3O3P3/c61-64(46-19-7-1-8-20-46,47-21-9-2-10-22-47)52-37-31-43(32-38-52)55-58-56(44-33-39-53(40-34-44)65(62,48-23-11-3-12-24-48)49-25-13-4-14-26-49)60-57(59-55)45-35-41-54(42-36-45)66(63,50-27-15-5-16-28-50)51-29-17-6-18-30-51/h1-42H. The molecule has 0 saturated heterocycles. The van der Waals surface area contributed by atoms with Gasteiger partial charge in [-0.15, -0.1) is 0 Å². The molecule has 0 N–H and O–H groups in total. The van der Waals surface area contributed by atoms with Crippen LogP contribution in [0, 0.1) is 0 Å². The maximum Gasteiger partial charge on any atom is 0.171 e. The molecule has 0 atom stereocenters. The Bertz CT molecular complexity index is 2890. The molecule has 10 rings (SSSR count). The van der Waals surface area contributed by atoms with E-state index in [1.807, 2.05) is 255 Å². The van der Waals surface area contributed by atoms with Gasteiger partial charge in [0.2, 0.25) is 0 Å². The zero-order valence-electron chi connectivity index (χ0n) is 35.7. The van der Waals surface area contributed by atoms with E-state index in [4.69, 9.17) is 15.0 Å². The third kappa shape index (κ3) is 7.95. The zero-order valence-corrected chi connectivity index (χ0v) is 38.3. The fourth-order valence-corrected chi connectivity index (χ4v) is 16.3. The molecule has 0 saturated carbocycles. The Kier molecular flexibility index (Phi) is 11.8. The Hall–Kier alpha value is -7.32. The first kappa shape index (κ1) is 42.6. The highest BCUT2D eigenvalue weighted by Gasteiger charge is 2.32. The molecule has 0 amide bonds. The van der Waals surface area contributed by atoms with Gasteiger partial charge in [-0.05, 0) is 0 Å². The molecule has 0 aliphatic carbocycles. The summed E-state index contributed by atoms with van der Waals surface area (Å²) >= 11 is 0. The Morgan fingerprint density at radius 1 is 0.197 bits per heavy atom. The van der Waals surface area contributed by atoms with Crippen molar-refractivity contribution in [3.8, 4) is 34.2 Å². The van der Waals surface area contributed by atoms with Crippen molar-refractivity contribution in [3.05, 3.63) is 255 Å². The van der Waals surface area contributed by atoms with Crippen LogP contribution in [0.25, 0.3) is 34.2 Å². The van der Waals surface area contributed by atoms with Gasteiger partial charge in [0.1, 0.15) is 0 Å². The SMILES string of the molecule is O=P(c1ccccc1)(c1ccccc1)c1ccc(-c2nc(-c3ccc(P(=O)(c4ccccc4)c4ccccc4)cc3)nc(-c3ccc(P(=O)(c4ccccc4)c4ccccc4)cc3)n2)cc1. The molecule has 66 heavy (non-hydrogen) atoms. The molecule has 0 bridgehead atoms. The molecule has 6 nitrogen and oxygen atoms in total. The molecular weight excluding hydrogens is 868 g/mol. The summed E-state index contributed by atoms with van der Waals surface area (Å²) in [5.74, 6) is 1.26. The van der Waals surface area contributed by atoms with Crippen molar-refractivity contribution in [2.75, 3.05) is 0 Å². The normalized spacial score (nSPS) is 11.8. The van der Waals surface area contributed by atoms with Gasteiger partial charge >= 0.3 is 0 Å². The predicted octanol–water partition coefficient (Wildman–Crippen LogP) is 9.79. The predicted molar refractivity (Wildman–Crippen MR) is 274 cm³/mol. The van der Waals surface area contributed by atoms with Crippen molar-refractivity contribution >= 4 is 69.2 Å². The first-order valence-electron chi connectivity index (χ1n) is 21.6. The van der Waals surface area contributed by atoms with Crippen LogP contribution in [0.5, 0.6) is 0 Å². The molecule has 1 aromatic heterocycles. The van der Waals surface area contributed by atoms with Crippen LogP contribution in [-0.2, 0) is 13.7 Å². The number of hydrogen-bond acceptors (Lipinski definition) is 6. The van der Waals surface area contributed by atoms with Crippen molar-refractivity contribution in [3.63, 3.8) is 0 Å². The lowest BCUT2D eigenvalue weighted by molar-refractivity contribution is 0.591. The summed E-state index contributed by atoms with van der Waals surface area (Å²) in [6, 6.07) is 80.4. The van der Waals surface area contributed by atoms with Crippen LogP contribution in [-0.4, -0.2) is 15.0 Å². The van der Waals surface area contributed by atoms with Crippen LogP contribution < -0.4 is 47.7 Å². The van der Waals surface area contributed by atoms with E-state index >= 15 is 13.7 Å². The van der Waals surface area contributed by atoms with E-state index in [0.717, 1.165) is 31.8 Å². The molecule has 0 unspecified atom stereocenters. The van der Waals surface area contributed by atoms with Crippen LogP contribution in [0.3, 0.4) is 0 Å². The monoisotopic (exact) mass is 909 g/mol. The molecule has 1 heterocycles. The van der Waals surface area contributed by atoms with Crippen molar-refractivity contribution < 1.29 is 13.7 Å². The third-order valence-electron chi connectivity index (χ3n) is 11.8. The van der Waals surface area contributed by atoms with Crippen molar-refractivity contribution in [1.82, 2.24) is 15.0 Å². The highest BCUT2D eigenvalue weighted by Crippen LogP contribution is 2.45. The maximum absolute atomic E-state index is 15.2. The minimum Gasteiger partial charge on any atom is -0.309 e. The van der Waals surface area contributed by atoms with E-state index in [1.54, 1.807) is 0 Å². The van der Waals surface area contributed by atoms with Gasteiger partial charge in [0.15, 0.2) is 38.9 Å². The van der Waals surface area contributed by atoms with E-state index in [2.05, 4.69) is 0 Å². The smallest absolute Gasteiger partial charge is 0.171 e. The minimum absolute atomic E-state index is 0.419. The summed E-state index contributed by atoms with van der Waals surface area (Å²) < 4.78 is 45.7. The van der Waals surface area contributed by atoms with Crippen molar-refractivity contribution in [2.24, 2.45) is 0 Å². The average Bonchev–Trinajstić information content (AvgIpc) is 3.41. The van der Waals surface area contributed by atoms with Gasteiger partial charge in [-0.25, -0.2) is 15.0 Å². The number of benzene rings is 9. The third-order valence-corrected chi connectivity index (χ3v) is 21.0. The largest absolute Gasteiger partial charge is 0.309 e. The lowest BCUT2D eigenvalue weighted by Gasteiger charge is -2.20. The van der Waals surface area contributed by atoms with Crippen LogP contribution in [0.2, 0.25) is 0 Å². The molecule has 0 aliphatic heterocycles. The number of aromatic nitrogens is 3. The Morgan fingerprint density at radius 2 is 0.348 bits per heavy atom. The average molecular weight is 910 g/mol. The van der Waals surface area contributed by atoms with E-state index in [9.17, 15) is 0 Å². The second-order valence-corrected chi connectivity index (χ2v) is 24.1. The lowest BCUT2D eigenvalue weighted by Crippen LogP contribution is -2.25. The Labute approximate surface area is 384 Å². The summed E-state index contributed by atoms with van der Waals surface area (Å²) in [5, 5.41) is 6.53. The van der Waals surface area contributed by atoms with Gasteiger partial charge in [-0.2, -0.15) is 0 Å². The molecule has 9 aromatic carbocycles. The Morgan fingerprint density at radius 3 is 0.515 bits per heavy atom. The molecule has 0 aliphatic rings. The van der Waals surface area contributed by atoms with E-state index in [0.29, 0.717) is 50.1 Å². The van der Waals surface area contributed by atoms with Crippen molar-refractivity contribution in [1.29, 1.82) is 0 Å². The topological polar surface area (TPSA) is 89.9 Å². The second kappa shape index (κ2) is 18.3. The molecular formula is C57H42N3O3P3. The van der Waals surface area contributed by atoms with Crippen molar-refractivity contribution in [2.45, 2.75) is 0 Å². The summed E-state index contributed by atoms with van der Waals surface area (Å²) in [6.45, 7) is 0. The number of hydrogen-bond donors (Lipinski definition) is 0. The number of rotatable bonds is 12. The maximum atomic E-state index is 15.2. The van der Waals surface area contributed by atoms with Gasteiger partial charge in [-0.1, -0.05) is 255 Å². The van der Waals surface area contributed by atoms with Gasteiger partial charge in [0, 0.05) is 64.4 Å². The van der Waals surface area contributed by atoms with Gasteiger partial charge in [-0.3, -0.25) is 0 Å². The van der Waals surface area contributed by atoms with Gasteiger partial charge < -0.3 is 13.7 Å². The first-order chi connectivity index (χ1) is 32.3. The fourth-order valence-electron chi connectivity index (χ4n) is 8.39. The highest BCUT2D eigenvalue weighted by atomic mass is 31.2. The quantitative estimate of drug-likeness (QED) is 0.114.